The van der Waals surface area contributed by atoms with Crippen LogP contribution in [0.5, 0.6) is 11.5 Å². The molecule has 7 heteroatoms. The zero-order valence-electron chi connectivity index (χ0n) is 18.6. The number of aryl methyl sites for hydroxylation is 1. The van der Waals surface area contributed by atoms with Gasteiger partial charge in [-0.25, -0.2) is 9.07 Å². The van der Waals surface area contributed by atoms with E-state index < -0.39 is 0 Å². The average Bonchev–Trinajstić information content (AvgIpc) is 3.29. The highest BCUT2D eigenvalue weighted by atomic mass is 19.1. The standard InChI is InChI=1S/C26H24FN3O3/c1-17-4-10-20(11-5-17)30-24(26(31)28-16-18-6-8-19(27)9-7-18)15-23(29-30)22-13-12-21(32-2)14-25(22)33-3/h4-15H,16H2,1-3H3,(H,28,31). The Morgan fingerprint density at radius 3 is 2.36 bits per heavy atom. The lowest BCUT2D eigenvalue weighted by Gasteiger charge is -2.09. The molecule has 1 N–H and O–H groups in total. The van der Waals surface area contributed by atoms with Crippen LogP contribution in [-0.4, -0.2) is 29.9 Å². The average molecular weight is 445 g/mol. The van der Waals surface area contributed by atoms with Crippen LogP contribution >= 0.6 is 0 Å². The molecule has 0 radical (unpaired) electrons. The second kappa shape index (κ2) is 9.56. The van der Waals surface area contributed by atoms with Crippen molar-refractivity contribution in [1.29, 1.82) is 0 Å². The smallest absolute Gasteiger partial charge is 0.270 e. The first-order valence-electron chi connectivity index (χ1n) is 10.4. The maximum absolute atomic E-state index is 13.2. The molecule has 33 heavy (non-hydrogen) atoms. The Balaban J connectivity index is 1.72. The fraction of sp³-hybridized carbons (Fsp3) is 0.154. The summed E-state index contributed by atoms with van der Waals surface area (Å²) < 4.78 is 25.6. The molecule has 0 bridgehead atoms. The van der Waals surface area contributed by atoms with Gasteiger partial charge in [-0.1, -0.05) is 29.8 Å². The van der Waals surface area contributed by atoms with E-state index in [-0.39, 0.29) is 18.3 Å². The number of nitrogens with one attached hydrogen (secondary N) is 1. The largest absolute Gasteiger partial charge is 0.497 e. The van der Waals surface area contributed by atoms with E-state index in [9.17, 15) is 9.18 Å². The second-order valence-corrected chi connectivity index (χ2v) is 7.54. The summed E-state index contributed by atoms with van der Waals surface area (Å²) >= 11 is 0. The van der Waals surface area contributed by atoms with Gasteiger partial charge in [-0.05, 0) is 55.0 Å². The maximum Gasteiger partial charge on any atom is 0.270 e. The Bertz CT molecular complexity index is 1270. The van der Waals surface area contributed by atoms with Crippen molar-refractivity contribution in [3.63, 3.8) is 0 Å². The molecule has 4 rings (SSSR count). The van der Waals surface area contributed by atoms with Gasteiger partial charge in [-0.15, -0.1) is 0 Å². The minimum atomic E-state index is -0.319. The molecule has 0 fully saturated rings. The van der Waals surface area contributed by atoms with Crippen molar-refractivity contribution >= 4 is 5.91 Å². The lowest BCUT2D eigenvalue weighted by Crippen LogP contribution is -2.25. The zero-order valence-corrected chi connectivity index (χ0v) is 18.6. The number of carbonyl (C=O) groups excluding carboxylic acids is 1. The number of hydrogen-bond donors (Lipinski definition) is 1. The van der Waals surface area contributed by atoms with Crippen molar-refractivity contribution in [3.05, 3.63) is 95.4 Å². The third kappa shape index (κ3) is 4.87. The minimum Gasteiger partial charge on any atom is -0.497 e. The normalized spacial score (nSPS) is 10.7. The number of benzene rings is 3. The van der Waals surface area contributed by atoms with E-state index in [0.29, 0.717) is 22.9 Å². The molecule has 0 atom stereocenters. The van der Waals surface area contributed by atoms with E-state index in [4.69, 9.17) is 14.6 Å². The fourth-order valence-electron chi connectivity index (χ4n) is 3.44. The number of halogens is 1. The van der Waals surface area contributed by atoms with E-state index >= 15 is 0 Å². The van der Waals surface area contributed by atoms with Crippen LogP contribution in [0.25, 0.3) is 16.9 Å². The van der Waals surface area contributed by atoms with Crippen molar-refractivity contribution in [3.8, 4) is 28.4 Å². The number of carbonyl (C=O) groups is 1. The molecular weight excluding hydrogens is 421 g/mol. The Hall–Kier alpha value is -4.13. The molecule has 0 unspecified atom stereocenters. The zero-order chi connectivity index (χ0) is 23.4. The molecule has 0 saturated carbocycles. The molecule has 168 valence electrons. The molecule has 0 spiro atoms. The number of nitrogens with zero attached hydrogens (tertiary/aromatic N) is 2. The number of rotatable bonds is 7. The van der Waals surface area contributed by atoms with Crippen LogP contribution in [0.2, 0.25) is 0 Å². The van der Waals surface area contributed by atoms with Crippen LogP contribution in [0.1, 0.15) is 21.6 Å². The summed E-state index contributed by atoms with van der Waals surface area (Å²) in [6.07, 6.45) is 0. The quantitative estimate of drug-likeness (QED) is 0.438. The van der Waals surface area contributed by atoms with Gasteiger partial charge in [-0.2, -0.15) is 5.10 Å². The van der Waals surface area contributed by atoms with Crippen molar-refractivity contribution in [2.45, 2.75) is 13.5 Å². The van der Waals surface area contributed by atoms with Gasteiger partial charge in [0, 0.05) is 18.2 Å². The number of methoxy groups -OCH3 is 2. The fourth-order valence-corrected chi connectivity index (χ4v) is 3.44. The highest BCUT2D eigenvalue weighted by Crippen LogP contribution is 2.33. The van der Waals surface area contributed by atoms with Crippen LogP contribution in [0.4, 0.5) is 4.39 Å². The van der Waals surface area contributed by atoms with Crippen LogP contribution in [0.15, 0.2) is 72.8 Å². The summed E-state index contributed by atoms with van der Waals surface area (Å²) in [7, 11) is 3.16. The minimum absolute atomic E-state index is 0.263. The molecule has 1 amide bonds. The molecule has 0 aliphatic carbocycles. The maximum atomic E-state index is 13.2. The predicted molar refractivity (Wildman–Crippen MR) is 124 cm³/mol. The Morgan fingerprint density at radius 1 is 0.970 bits per heavy atom. The van der Waals surface area contributed by atoms with Gasteiger partial charge in [-0.3, -0.25) is 4.79 Å². The molecule has 0 aliphatic rings. The van der Waals surface area contributed by atoms with Gasteiger partial charge in [0.1, 0.15) is 23.0 Å². The molecule has 1 aromatic heterocycles. The molecule has 1 heterocycles. The van der Waals surface area contributed by atoms with Gasteiger partial charge in [0.15, 0.2) is 0 Å². The predicted octanol–water partition coefficient (Wildman–Crippen LogP) is 4.93. The van der Waals surface area contributed by atoms with Gasteiger partial charge >= 0.3 is 0 Å². The van der Waals surface area contributed by atoms with Gasteiger partial charge < -0.3 is 14.8 Å². The van der Waals surface area contributed by atoms with Gasteiger partial charge in [0.05, 0.1) is 25.6 Å². The Morgan fingerprint density at radius 2 is 1.70 bits per heavy atom. The third-order valence-corrected chi connectivity index (χ3v) is 5.27. The van der Waals surface area contributed by atoms with Crippen LogP contribution in [-0.2, 0) is 6.54 Å². The summed E-state index contributed by atoms with van der Waals surface area (Å²) in [5, 5.41) is 7.61. The number of aromatic nitrogens is 2. The topological polar surface area (TPSA) is 65.4 Å². The third-order valence-electron chi connectivity index (χ3n) is 5.27. The summed E-state index contributed by atoms with van der Waals surface area (Å²) in [6.45, 7) is 2.26. The number of amides is 1. The van der Waals surface area contributed by atoms with E-state index in [1.54, 1.807) is 43.2 Å². The van der Waals surface area contributed by atoms with E-state index in [1.165, 1.54) is 12.1 Å². The molecule has 4 aromatic rings. The highest BCUT2D eigenvalue weighted by molar-refractivity contribution is 5.94. The number of ether oxygens (including phenoxy) is 2. The summed E-state index contributed by atoms with van der Waals surface area (Å²) in [4.78, 5) is 13.1. The van der Waals surface area contributed by atoms with Crippen molar-refractivity contribution < 1.29 is 18.7 Å². The summed E-state index contributed by atoms with van der Waals surface area (Å²) in [6, 6.07) is 20.9. The van der Waals surface area contributed by atoms with Crippen LogP contribution in [0.3, 0.4) is 0 Å². The van der Waals surface area contributed by atoms with Crippen molar-refractivity contribution in [2.24, 2.45) is 0 Å². The van der Waals surface area contributed by atoms with E-state index in [2.05, 4.69) is 5.32 Å². The van der Waals surface area contributed by atoms with Gasteiger partial charge in [0.2, 0.25) is 0 Å². The second-order valence-electron chi connectivity index (χ2n) is 7.54. The lowest BCUT2D eigenvalue weighted by atomic mass is 10.1. The first-order valence-corrected chi connectivity index (χ1v) is 10.4. The number of hydrogen-bond acceptors (Lipinski definition) is 4. The molecule has 6 nitrogen and oxygen atoms in total. The molecule has 0 saturated heterocycles. The summed E-state index contributed by atoms with van der Waals surface area (Å²) in [5.74, 6) is 0.624. The van der Waals surface area contributed by atoms with Crippen molar-refractivity contribution in [2.75, 3.05) is 14.2 Å². The molecule has 0 aliphatic heterocycles. The Labute approximate surface area is 191 Å². The van der Waals surface area contributed by atoms with Crippen molar-refractivity contribution in [1.82, 2.24) is 15.1 Å². The Kier molecular flexibility index (Phi) is 6.40. The first kappa shape index (κ1) is 22.1. The highest BCUT2D eigenvalue weighted by Gasteiger charge is 2.20. The van der Waals surface area contributed by atoms with E-state index in [0.717, 1.165) is 22.4 Å². The van der Waals surface area contributed by atoms with Crippen LogP contribution in [0, 0.1) is 12.7 Å². The SMILES string of the molecule is COc1ccc(-c2cc(C(=O)NCc3ccc(F)cc3)n(-c3ccc(C)cc3)n2)c(OC)c1. The van der Waals surface area contributed by atoms with Crippen LogP contribution < -0.4 is 14.8 Å². The monoisotopic (exact) mass is 445 g/mol. The lowest BCUT2D eigenvalue weighted by molar-refractivity contribution is 0.0943. The first-order chi connectivity index (χ1) is 16.0. The van der Waals surface area contributed by atoms with Gasteiger partial charge in [0.25, 0.3) is 5.91 Å². The molecule has 3 aromatic carbocycles. The van der Waals surface area contributed by atoms with E-state index in [1.807, 2.05) is 43.3 Å². The molecular formula is C26H24FN3O3. The summed E-state index contributed by atoms with van der Waals surface area (Å²) in [5.41, 5.74) is 4.34.